The van der Waals surface area contributed by atoms with Gasteiger partial charge in [-0.1, -0.05) is 0 Å². The number of aliphatic imine (C=N–C) groups is 1. The zero-order chi connectivity index (χ0) is 12.8. The molecular weight excluding hydrogens is 230 g/mol. The summed E-state index contributed by atoms with van der Waals surface area (Å²) in [6.07, 6.45) is 3.38. The molecular formula is C11H13N7. The molecule has 0 fully saturated rings. The Bertz CT molecular complexity index is 669. The van der Waals surface area contributed by atoms with Gasteiger partial charge in [-0.3, -0.25) is 10.8 Å². The first-order valence-electron chi connectivity index (χ1n) is 5.49. The van der Waals surface area contributed by atoms with Crippen molar-refractivity contribution in [2.75, 3.05) is 0 Å². The molecule has 0 saturated heterocycles. The van der Waals surface area contributed by atoms with Gasteiger partial charge in [0.2, 0.25) is 0 Å². The van der Waals surface area contributed by atoms with Crippen LogP contribution in [0.1, 0.15) is 11.4 Å². The lowest BCUT2D eigenvalue weighted by atomic mass is 10.0. The molecule has 3 rings (SSSR count). The molecule has 1 aliphatic rings. The van der Waals surface area contributed by atoms with Crippen LogP contribution in [-0.4, -0.2) is 21.1 Å². The van der Waals surface area contributed by atoms with E-state index in [0.29, 0.717) is 11.3 Å². The Balaban J connectivity index is 2.20. The standard InChI is InChI=1S/C11H13N7/c1-6-2-3-7-8(17-18-9(7)15-6)11(13)4-5-14-10(12)16-11/h2-5H,13H2,1H3,(H3,12,14,16)(H,15,17,18). The lowest BCUT2D eigenvalue weighted by Gasteiger charge is -2.23. The van der Waals surface area contributed by atoms with E-state index >= 15 is 0 Å². The normalized spacial score (nSPS) is 22.9. The van der Waals surface area contributed by atoms with Gasteiger partial charge in [0, 0.05) is 17.3 Å². The molecule has 92 valence electrons. The molecule has 0 spiro atoms. The summed E-state index contributed by atoms with van der Waals surface area (Å²) in [6, 6.07) is 3.83. The Morgan fingerprint density at radius 3 is 2.94 bits per heavy atom. The van der Waals surface area contributed by atoms with Crippen molar-refractivity contribution in [3.05, 3.63) is 35.8 Å². The molecule has 3 heterocycles. The number of fused-ring (bicyclic) bond motifs is 1. The molecule has 7 nitrogen and oxygen atoms in total. The maximum absolute atomic E-state index is 6.23. The molecule has 6 N–H and O–H groups in total. The highest BCUT2D eigenvalue weighted by Gasteiger charge is 2.30. The molecule has 1 aliphatic heterocycles. The van der Waals surface area contributed by atoms with E-state index in [0.717, 1.165) is 11.1 Å². The Hall–Kier alpha value is -2.41. The Morgan fingerprint density at radius 1 is 1.33 bits per heavy atom. The smallest absolute Gasteiger partial charge is 0.195 e. The summed E-state index contributed by atoms with van der Waals surface area (Å²) >= 11 is 0. The van der Waals surface area contributed by atoms with Crippen LogP contribution in [0.25, 0.3) is 11.0 Å². The van der Waals surface area contributed by atoms with Gasteiger partial charge in [-0.15, -0.1) is 0 Å². The molecule has 0 aliphatic carbocycles. The predicted molar refractivity (Wildman–Crippen MR) is 68.4 cm³/mol. The van der Waals surface area contributed by atoms with Crippen LogP contribution in [-0.2, 0) is 5.66 Å². The number of aromatic nitrogens is 3. The van der Waals surface area contributed by atoms with Crippen LogP contribution in [0.4, 0.5) is 0 Å². The van der Waals surface area contributed by atoms with E-state index in [4.69, 9.17) is 11.5 Å². The molecule has 18 heavy (non-hydrogen) atoms. The second kappa shape index (κ2) is 3.54. The monoisotopic (exact) mass is 243 g/mol. The third-order valence-corrected chi connectivity index (χ3v) is 2.83. The summed E-state index contributed by atoms with van der Waals surface area (Å²) in [6.45, 7) is 1.91. The van der Waals surface area contributed by atoms with Gasteiger partial charge in [0.1, 0.15) is 0 Å². The van der Waals surface area contributed by atoms with Crippen molar-refractivity contribution in [1.82, 2.24) is 20.5 Å². The average molecular weight is 243 g/mol. The van der Waals surface area contributed by atoms with Gasteiger partial charge >= 0.3 is 0 Å². The second-order valence-electron chi connectivity index (χ2n) is 4.22. The maximum atomic E-state index is 6.23. The van der Waals surface area contributed by atoms with Crippen LogP contribution in [0.3, 0.4) is 0 Å². The molecule has 0 radical (unpaired) electrons. The first kappa shape index (κ1) is 10.7. The van der Waals surface area contributed by atoms with Crippen LogP contribution in [0.5, 0.6) is 0 Å². The van der Waals surface area contributed by atoms with Crippen LogP contribution in [0, 0.1) is 6.92 Å². The van der Waals surface area contributed by atoms with Gasteiger partial charge in [-0.2, -0.15) is 5.10 Å². The minimum Gasteiger partial charge on any atom is -0.370 e. The third kappa shape index (κ3) is 1.52. The first-order chi connectivity index (χ1) is 8.58. The molecule has 0 bridgehead atoms. The highest BCUT2D eigenvalue weighted by Crippen LogP contribution is 2.27. The van der Waals surface area contributed by atoms with Gasteiger partial charge in [0.05, 0.1) is 5.69 Å². The van der Waals surface area contributed by atoms with E-state index in [2.05, 4.69) is 25.5 Å². The molecule has 0 saturated carbocycles. The Morgan fingerprint density at radius 2 is 2.17 bits per heavy atom. The fraction of sp³-hybridized carbons (Fsp3) is 0.182. The minimum absolute atomic E-state index is 0.267. The number of H-pyrrole nitrogens is 1. The Kier molecular flexibility index (Phi) is 2.11. The largest absolute Gasteiger partial charge is 0.370 e. The maximum Gasteiger partial charge on any atom is 0.195 e. The fourth-order valence-corrected chi connectivity index (χ4v) is 1.96. The van der Waals surface area contributed by atoms with Crippen LogP contribution >= 0.6 is 0 Å². The van der Waals surface area contributed by atoms with Crippen molar-refractivity contribution in [3.8, 4) is 0 Å². The van der Waals surface area contributed by atoms with Crippen molar-refractivity contribution in [2.24, 2.45) is 16.5 Å². The molecule has 1 unspecified atom stereocenters. The van der Waals surface area contributed by atoms with Crippen molar-refractivity contribution >= 4 is 17.0 Å². The molecule has 7 heteroatoms. The van der Waals surface area contributed by atoms with Gasteiger partial charge < -0.3 is 11.1 Å². The van der Waals surface area contributed by atoms with E-state index in [1.54, 1.807) is 12.3 Å². The van der Waals surface area contributed by atoms with Crippen molar-refractivity contribution in [3.63, 3.8) is 0 Å². The predicted octanol–water partition coefficient (Wildman–Crippen LogP) is -0.191. The quantitative estimate of drug-likeness (QED) is 0.553. The van der Waals surface area contributed by atoms with Crippen molar-refractivity contribution < 1.29 is 0 Å². The van der Waals surface area contributed by atoms with Gasteiger partial charge in [-0.05, 0) is 25.1 Å². The Labute approximate surface area is 103 Å². The van der Waals surface area contributed by atoms with E-state index < -0.39 is 5.66 Å². The van der Waals surface area contributed by atoms with Crippen molar-refractivity contribution in [1.29, 1.82) is 0 Å². The average Bonchev–Trinajstić information content (AvgIpc) is 2.72. The van der Waals surface area contributed by atoms with E-state index in [-0.39, 0.29) is 5.96 Å². The number of hydrogen-bond acceptors (Lipinski definition) is 6. The van der Waals surface area contributed by atoms with E-state index in [1.807, 2.05) is 19.1 Å². The number of nitrogens with two attached hydrogens (primary N) is 2. The van der Waals surface area contributed by atoms with E-state index in [9.17, 15) is 0 Å². The second-order valence-corrected chi connectivity index (χ2v) is 4.22. The summed E-state index contributed by atoms with van der Waals surface area (Å²) in [5, 5.41) is 10.6. The van der Waals surface area contributed by atoms with Crippen LogP contribution in [0.2, 0.25) is 0 Å². The zero-order valence-electron chi connectivity index (χ0n) is 9.81. The topological polar surface area (TPSA) is 118 Å². The fourth-order valence-electron chi connectivity index (χ4n) is 1.96. The van der Waals surface area contributed by atoms with Gasteiger partial charge in [0.15, 0.2) is 17.3 Å². The molecule has 0 aromatic carbocycles. The van der Waals surface area contributed by atoms with Crippen LogP contribution in [0.15, 0.2) is 29.4 Å². The number of pyridine rings is 1. The molecule has 2 aromatic heterocycles. The molecule has 0 amide bonds. The highest BCUT2D eigenvalue weighted by molar-refractivity contribution is 5.83. The summed E-state index contributed by atoms with van der Waals surface area (Å²) in [4.78, 5) is 8.53. The summed E-state index contributed by atoms with van der Waals surface area (Å²) < 4.78 is 0. The third-order valence-electron chi connectivity index (χ3n) is 2.83. The van der Waals surface area contributed by atoms with Gasteiger partial charge in [0.25, 0.3) is 0 Å². The van der Waals surface area contributed by atoms with Crippen molar-refractivity contribution in [2.45, 2.75) is 12.6 Å². The number of hydrogen-bond donors (Lipinski definition) is 4. The number of rotatable bonds is 1. The van der Waals surface area contributed by atoms with Crippen LogP contribution < -0.4 is 16.8 Å². The van der Waals surface area contributed by atoms with Gasteiger partial charge in [-0.25, -0.2) is 9.98 Å². The zero-order valence-corrected chi connectivity index (χ0v) is 9.81. The SMILES string of the molecule is Cc1ccc2c(C3(N)C=CNC(N)=N3)[nH]nc2n1. The number of nitrogens with zero attached hydrogens (tertiary/aromatic N) is 3. The van der Waals surface area contributed by atoms with E-state index in [1.165, 1.54) is 0 Å². The number of aryl methyl sites for hydroxylation is 1. The molecule has 1 atom stereocenters. The minimum atomic E-state index is -1.04. The highest BCUT2D eigenvalue weighted by atomic mass is 15.2. The summed E-state index contributed by atoms with van der Waals surface area (Å²) in [5.74, 6) is 0.267. The lowest BCUT2D eigenvalue weighted by molar-refractivity contribution is 0.564. The number of guanidine groups is 1. The number of aromatic amines is 1. The summed E-state index contributed by atoms with van der Waals surface area (Å²) in [5.41, 5.74) is 13.0. The summed E-state index contributed by atoms with van der Waals surface area (Å²) in [7, 11) is 0. The lowest BCUT2D eigenvalue weighted by Crippen LogP contribution is -2.42. The number of nitrogens with one attached hydrogen (secondary N) is 2. The molecule has 2 aromatic rings. The first-order valence-corrected chi connectivity index (χ1v) is 5.49.